The molecule has 2 aromatic carbocycles. The van der Waals surface area contributed by atoms with Gasteiger partial charge in [-0.2, -0.15) is 5.26 Å². The molecular weight excluding hydrogens is 236 g/mol. The normalized spacial score (nSPS) is 11.4. The molecule has 0 bridgehead atoms. The van der Waals surface area contributed by atoms with Crippen LogP contribution >= 0.6 is 0 Å². The number of benzene rings is 2. The van der Waals surface area contributed by atoms with Crippen LogP contribution in [0.5, 0.6) is 0 Å². The SMILES string of the molecule is Cc1ccccc1C(=O)NC(C#N)c1ccccc1. The van der Waals surface area contributed by atoms with Crippen molar-refractivity contribution in [2.75, 3.05) is 0 Å². The minimum Gasteiger partial charge on any atom is -0.332 e. The number of aryl methyl sites for hydroxylation is 1. The van der Waals surface area contributed by atoms with E-state index < -0.39 is 6.04 Å². The minimum atomic E-state index is -0.631. The van der Waals surface area contributed by atoms with Gasteiger partial charge in [-0.15, -0.1) is 0 Å². The quantitative estimate of drug-likeness (QED) is 0.910. The van der Waals surface area contributed by atoms with Crippen molar-refractivity contribution in [2.45, 2.75) is 13.0 Å². The second-order valence-corrected chi connectivity index (χ2v) is 4.26. The molecule has 3 nitrogen and oxygen atoms in total. The van der Waals surface area contributed by atoms with Crippen LogP contribution in [-0.4, -0.2) is 5.91 Å². The van der Waals surface area contributed by atoms with Crippen molar-refractivity contribution in [3.05, 3.63) is 71.3 Å². The lowest BCUT2D eigenvalue weighted by Gasteiger charge is -2.13. The maximum atomic E-state index is 12.1. The third-order valence-corrected chi connectivity index (χ3v) is 2.93. The number of nitriles is 1. The van der Waals surface area contributed by atoms with Gasteiger partial charge in [-0.25, -0.2) is 0 Å². The Labute approximate surface area is 112 Å². The predicted octanol–water partition coefficient (Wildman–Crippen LogP) is 2.99. The molecule has 2 aromatic rings. The van der Waals surface area contributed by atoms with Crippen LogP contribution in [-0.2, 0) is 0 Å². The summed E-state index contributed by atoms with van der Waals surface area (Å²) in [6.07, 6.45) is 0. The predicted molar refractivity (Wildman–Crippen MR) is 73.4 cm³/mol. The third kappa shape index (κ3) is 2.99. The van der Waals surface area contributed by atoms with Gasteiger partial charge in [0.25, 0.3) is 5.91 Å². The van der Waals surface area contributed by atoms with Crippen molar-refractivity contribution in [2.24, 2.45) is 0 Å². The highest BCUT2D eigenvalue weighted by Crippen LogP contribution is 2.13. The Bertz CT molecular complexity index is 614. The van der Waals surface area contributed by atoms with Crippen molar-refractivity contribution in [1.82, 2.24) is 5.32 Å². The molecule has 0 aromatic heterocycles. The number of carbonyl (C=O) groups excluding carboxylic acids is 1. The first-order chi connectivity index (χ1) is 9.22. The van der Waals surface area contributed by atoms with Gasteiger partial charge >= 0.3 is 0 Å². The molecule has 1 N–H and O–H groups in total. The Morgan fingerprint density at radius 2 is 1.74 bits per heavy atom. The molecule has 2 rings (SSSR count). The number of hydrogen-bond acceptors (Lipinski definition) is 2. The van der Waals surface area contributed by atoms with Crippen LogP contribution in [0.4, 0.5) is 0 Å². The van der Waals surface area contributed by atoms with E-state index in [9.17, 15) is 10.1 Å². The van der Waals surface area contributed by atoms with E-state index in [4.69, 9.17) is 0 Å². The molecule has 0 aliphatic heterocycles. The topological polar surface area (TPSA) is 52.9 Å². The summed E-state index contributed by atoms with van der Waals surface area (Å²) in [5.41, 5.74) is 2.27. The Morgan fingerprint density at radius 1 is 1.11 bits per heavy atom. The maximum Gasteiger partial charge on any atom is 0.252 e. The Balaban J connectivity index is 2.19. The summed E-state index contributed by atoms with van der Waals surface area (Å²) < 4.78 is 0. The van der Waals surface area contributed by atoms with E-state index in [1.165, 1.54) is 0 Å². The van der Waals surface area contributed by atoms with E-state index in [0.717, 1.165) is 11.1 Å². The lowest BCUT2D eigenvalue weighted by atomic mass is 10.1. The fourth-order valence-corrected chi connectivity index (χ4v) is 1.87. The van der Waals surface area contributed by atoms with Gasteiger partial charge in [0.2, 0.25) is 0 Å². The second kappa shape index (κ2) is 5.83. The first kappa shape index (κ1) is 12.8. The van der Waals surface area contributed by atoms with Gasteiger partial charge in [-0.05, 0) is 24.1 Å². The number of amides is 1. The largest absolute Gasteiger partial charge is 0.332 e. The summed E-state index contributed by atoms with van der Waals surface area (Å²) >= 11 is 0. The zero-order valence-corrected chi connectivity index (χ0v) is 10.6. The maximum absolute atomic E-state index is 12.1. The smallest absolute Gasteiger partial charge is 0.252 e. The summed E-state index contributed by atoms with van der Waals surface area (Å²) in [7, 11) is 0. The van der Waals surface area contributed by atoms with Crippen molar-refractivity contribution < 1.29 is 4.79 Å². The standard InChI is InChI=1S/C16H14N2O/c1-12-7-5-6-10-14(12)16(19)18-15(11-17)13-8-3-2-4-9-13/h2-10,15H,1H3,(H,18,19). The molecule has 19 heavy (non-hydrogen) atoms. The Morgan fingerprint density at radius 3 is 2.37 bits per heavy atom. The van der Waals surface area contributed by atoms with E-state index in [0.29, 0.717) is 5.56 Å². The Kier molecular flexibility index (Phi) is 3.94. The van der Waals surface area contributed by atoms with Crippen LogP contribution in [0, 0.1) is 18.3 Å². The van der Waals surface area contributed by atoms with E-state index in [1.807, 2.05) is 55.5 Å². The van der Waals surface area contributed by atoms with Gasteiger partial charge in [0.15, 0.2) is 0 Å². The molecule has 1 atom stereocenters. The monoisotopic (exact) mass is 250 g/mol. The lowest BCUT2D eigenvalue weighted by molar-refractivity contribution is 0.0944. The van der Waals surface area contributed by atoms with E-state index in [1.54, 1.807) is 6.07 Å². The third-order valence-electron chi connectivity index (χ3n) is 2.93. The van der Waals surface area contributed by atoms with Crippen LogP contribution in [0.3, 0.4) is 0 Å². The first-order valence-electron chi connectivity index (χ1n) is 6.03. The van der Waals surface area contributed by atoms with E-state index in [2.05, 4.69) is 11.4 Å². The fraction of sp³-hybridized carbons (Fsp3) is 0.125. The molecular formula is C16H14N2O. The molecule has 0 saturated heterocycles. The van der Waals surface area contributed by atoms with Crippen molar-refractivity contribution in [1.29, 1.82) is 5.26 Å². The number of rotatable bonds is 3. The molecule has 0 saturated carbocycles. The zero-order valence-electron chi connectivity index (χ0n) is 10.6. The molecule has 0 aliphatic rings. The summed E-state index contributed by atoms with van der Waals surface area (Å²) in [4.78, 5) is 12.1. The fourth-order valence-electron chi connectivity index (χ4n) is 1.87. The molecule has 0 aliphatic carbocycles. The molecule has 0 radical (unpaired) electrons. The molecule has 94 valence electrons. The molecule has 1 unspecified atom stereocenters. The molecule has 3 heteroatoms. The van der Waals surface area contributed by atoms with E-state index in [-0.39, 0.29) is 5.91 Å². The van der Waals surface area contributed by atoms with Gasteiger partial charge in [0, 0.05) is 5.56 Å². The Hall–Kier alpha value is -2.60. The minimum absolute atomic E-state index is 0.228. The average Bonchev–Trinajstić information content (AvgIpc) is 2.46. The lowest BCUT2D eigenvalue weighted by Crippen LogP contribution is -2.28. The van der Waals surface area contributed by atoms with Gasteiger partial charge in [0.1, 0.15) is 6.04 Å². The first-order valence-corrected chi connectivity index (χ1v) is 6.03. The number of nitrogens with zero attached hydrogens (tertiary/aromatic N) is 1. The van der Waals surface area contributed by atoms with Gasteiger partial charge in [0.05, 0.1) is 6.07 Å². The molecule has 1 amide bonds. The van der Waals surface area contributed by atoms with Crippen LogP contribution in [0.2, 0.25) is 0 Å². The van der Waals surface area contributed by atoms with Crippen molar-refractivity contribution >= 4 is 5.91 Å². The van der Waals surface area contributed by atoms with Crippen LogP contribution in [0.25, 0.3) is 0 Å². The number of nitrogens with one attached hydrogen (secondary N) is 1. The van der Waals surface area contributed by atoms with Crippen LogP contribution in [0.1, 0.15) is 27.5 Å². The molecule has 0 heterocycles. The summed E-state index contributed by atoms with van der Waals surface area (Å²) in [5.74, 6) is -0.228. The number of carbonyl (C=O) groups is 1. The van der Waals surface area contributed by atoms with Gasteiger partial charge < -0.3 is 5.32 Å². The summed E-state index contributed by atoms with van der Waals surface area (Å²) in [6, 6.07) is 18.0. The highest BCUT2D eigenvalue weighted by molar-refractivity contribution is 5.96. The highest BCUT2D eigenvalue weighted by atomic mass is 16.1. The van der Waals surface area contributed by atoms with E-state index >= 15 is 0 Å². The molecule has 0 spiro atoms. The summed E-state index contributed by atoms with van der Waals surface area (Å²) in [6.45, 7) is 1.87. The zero-order chi connectivity index (χ0) is 13.7. The van der Waals surface area contributed by atoms with Gasteiger partial charge in [-0.1, -0.05) is 48.5 Å². The molecule has 0 fully saturated rings. The number of hydrogen-bond donors (Lipinski definition) is 1. The van der Waals surface area contributed by atoms with Gasteiger partial charge in [-0.3, -0.25) is 4.79 Å². The summed E-state index contributed by atoms with van der Waals surface area (Å²) in [5, 5.41) is 11.9. The van der Waals surface area contributed by atoms with Crippen molar-refractivity contribution in [3.63, 3.8) is 0 Å². The van der Waals surface area contributed by atoms with Crippen molar-refractivity contribution in [3.8, 4) is 6.07 Å². The highest BCUT2D eigenvalue weighted by Gasteiger charge is 2.15. The average molecular weight is 250 g/mol. The van der Waals surface area contributed by atoms with Crippen LogP contribution < -0.4 is 5.32 Å². The van der Waals surface area contributed by atoms with Crippen LogP contribution in [0.15, 0.2) is 54.6 Å². The second-order valence-electron chi connectivity index (χ2n) is 4.26.